The molecule has 0 saturated carbocycles. The molecule has 106 valence electrons. The van der Waals surface area contributed by atoms with Crippen LogP contribution >= 0.6 is 15.9 Å². The molecule has 0 unspecified atom stereocenters. The van der Waals surface area contributed by atoms with Crippen molar-refractivity contribution >= 4 is 21.6 Å². The first kappa shape index (κ1) is 13.8. The van der Waals surface area contributed by atoms with Crippen LogP contribution in [-0.4, -0.2) is 10.2 Å². The minimum absolute atomic E-state index is 0.308. The number of hydrogen-bond acceptors (Lipinski definition) is 4. The van der Waals surface area contributed by atoms with Gasteiger partial charge in [-0.25, -0.2) is 4.39 Å². The van der Waals surface area contributed by atoms with E-state index in [1.165, 1.54) is 12.1 Å². The average molecular weight is 348 g/mol. The number of hydrogen-bond donors (Lipinski definition) is 1. The normalized spacial score (nSPS) is 10.6. The number of anilines is 1. The van der Waals surface area contributed by atoms with Gasteiger partial charge < -0.3 is 9.73 Å². The first-order chi connectivity index (χ1) is 10.2. The molecule has 21 heavy (non-hydrogen) atoms. The monoisotopic (exact) mass is 347 g/mol. The second-order valence-electron chi connectivity index (χ2n) is 4.37. The van der Waals surface area contributed by atoms with E-state index in [1.54, 1.807) is 12.1 Å². The van der Waals surface area contributed by atoms with Gasteiger partial charge in [-0.1, -0.05) is 22.0 Å². The Morgan fingerprint density at radius 3 is 2.67 bits per heavy atom. The van der Waals surface area contributed by atoms with Crippen LogP contribution in [0.15, 0.2) is 57.4 Å². The standard InChI is InChI=1S/C15H11BrFN3O/c16-11-4-6-13(7-5-11)18-9-14-19-20-15(21-14)10-2-1-3-12(17)8-10/h1-8,18H,9H2. The number of benzene rings is 2. The van der Waals surface area contributed by atoms with Crippen molar-refractivity contribution in [3.8, 4) is 11.5 Å². The first-order valence-electron chi connectivity index (χ1n) is 6.28. The molecule has 0 atom stereocenters. The van der Waals surface area contributed by atoms with E-state index in [0.29, 0.717) is 23.9 Å². The largest absolute Gasteiger partial charge is 0.419 e. The van der Waals surface area contributed by atoms with Gasteiger partial charge in [-0.05, 0) is 42.5 Å². The Labute approximate surface area is 129 Å². The van der Waals surface area contributed by atoms with E-state index in [2.05, 4.69) is 31.4 Å². The lowest BCUT2D eigenvalue weighted by Crippen LogP contribution is -1.99. The quantitative estimate of drug-likeness (QED) is 0.766. The van der Waals surface area contributed by atoms with Crippen LogP contribution in [0.5, 0.6) is 0 Å². The van der Waals surface area contributed by atoms with Gasteiger partial charge in [0.1, 0.15) is 5.82 Å². The fraction of sp³-hybridized carbons (Fsp3) is 0.0667. The Bertz CT molecular complexity index is 743. The van der Waals surface area contributed by atoms with Gasteiger partial charge in [0, 0.05) is 15.7 Å². The summed E-state index contributed by atoms with van der Waals surface area (Å²) >= 11 is 3.38. The molecular formula is C15H11BrFN3O. The third kappa shape index (κ3) is 3.46. The maximum atomic E-state index is 13.2. The molecule has 0 aliphatic heterocycles. The van der Waals surface area contributed by atoms with E-state index in [1.807, 2.05) is 24.3 Å². The Kier molecular flexibility index (Phi) is 3.96. The second-order valence-corrected chi connectivity index (χ2v) is 5.29. The second kappa shape index (κ2) is 6.05. The van der Waals surface area contributed by atoms with Crippen molar-refractivity contribution in [1.29, 1.82) is 0 Å². The summed E-state index contributed by atoms with van der Waals surface area (Å²) in [6.07, 6.45) is 0. The number of nitrogens with zero attached hydrogens (tertiary/aromatic N) is 2. The molecule has 0 radical (unpaired) electrons. The predicted octanol–water partition coefficient (Wildman–Crippen LogP) is 4.25. The van der Waals surface area contributed by atoms with Gasteiger partial charge in [0.2, 0.25) is 11.8 Å². The van der Waals surface area contributed by atoms with Crippen LogP contribution in [0.3, 0.4) is 0 Å². The first-order valence-corrected chi connectivity index (χ1v) is 7.08. The topological polar surface area (TPSA) is 51.0 Å². The van der Waals surface area contributed by atoms with Crippen LogP contribution in [0, 0.1) is 5.82 Å². The molecule has 0 bridgehead atoms. The highest BCUT2D eigenvalue weighted by Crippen LogP contribution is 2.19. The molecule has 4 nitrogen and oxygen atoms in total. The van der Waals surface area contributed by atoms with Crippen molar-refractivity contribution in [1.82, 2.24) is 10.2 Å². The Hall–Kier alpha value is -2.21. The minimum atomic E-state index is -0.333. The number of nitrogens with one attached hydrogen (secondary N) is 1. The summed E-state index contributed by atoms with van der Waals surface area (Å²) in [6.45, 7) is 0.407. The van der Waals surface area contributed by atoms with E-state index >= 15 is 0 Å². The molecule has 3 rings (SSSR count). The molecule has 6 heteroatoms. The van der Waals surface area contributed by atoms with Crippen molar-refractivity contribution in [2.24, 2.45) is 0 Å². The predicted molar refractivity (Wildman–Crippen MR) is 81.2 cm³/mol. The van der Waals surface area contributed by atoms with Crippen molar-refractivity contribution in [3.05, 3.63) is 64.7 Å². The molecule has 0 saturated heterocycles. The fourth-order valence-corrected chi connectivity index (χ4v) is 2.07. The van der Waals surface area contributed by atoms with Crippen LogP contribution < -0.4 is 5.32 Å². The van der Waals surface area contributed by atoms with Crippen LogP contribution in [0.2, 0.25) is 0 Å². The molecule has 0 fully saturated rings. The van der Waals surface area contributed by atoms with Gasteiger partial charge in [-0.3, -0.25) is 0 Å². The summed E-state index contributed by atoms with van der Waals surface area (Å²) in [5.74, 6) is 0.416. The van der Waals surface area contributed by atoms with Crippen molar-refractivity contribution in [3.63, 3.8) is 0 Å². The molecule has 1 N–H and O–H groups in total. The lowest BCUT2D eigenvalue weighted by atomic mass is 10.2. The molecular weight excluding hydrogens is 337 g/mol. The highest BCUT2D eigenvalue weighted by molar-refractivity contribution is 9.10. The van der Waals surface area contributed by atoms with Gasteiger partial charge in [-0.15, -0.1) is 10.2 Å². The maximum Gasteiger partial charge on any atom is 0.247 e. The highest BCUT2D eigenvalue weighted by Gasteiger charge is 2.09. The molecule has 1 heterocycles. The zero-order valence-corrected chi connectivity index (χ0v) is 12.5. The summed E-state index contributed by atoms with van der Waals surface area (Å²) < 4.78 is 19.7. The number of aromatic nitrogens is 2. The van der Waals surface area contributed by atoms with Crippen molar-refractivity contribution < 1.29 is 8.81 Å². The van der Waals surface area contributed by atoms with Crippen LogP contribution in [0.25, 0.3) is 11.5 Å². The summed E-state index contributed by atoms with van der Waals surface area (Å²) in [7, 11) is 0. The summed E-state index contributed by atoms with van der Waals surface area (Å²) in [6, 6.07) is 13.8. The van der Waals surface area contributed by atoms with Gasteiger partial charge in [0.25, 0.3) is 0 Å². The lowest BCUT2D eigenvalue weighted by Gasteiger charge is -2.02. The third-order valence-electron chi connectivity index (χ3n) is 2.83. The van der Waals surface area contributed by atoms with Crippen molar-refractivity contribution in [2.45, 2.75) is 6.54 Å². The van der Waals surface area contributed by atoms with Crippen LogP contribution in [0.1, 0.15) is 5.89 Å². The highest BCUT2D eigenvalue weighted by atomic mass is 79.9. The fourth-order valence-electron chi connectivity index (χ4n) is 1.81. The van der Waals surface area contributed by atoms with Crippen LogP contribution in [-0.2, 0) is 6.54 Å². The van der Waals surface area contributed by atoms with E-state index in [4.69, 9.17) is 4.42 Å². The van der Waals surface area contributed by atoms with Gasteiger partial charge >= 0.3 is 0 Å². The van der Waals surface area contributed by atoms with Crippen molar-refractivity contribution in [2.75, 3.05) is 5.32 Å². The Balaban J connectivity index is 1.69. The van der Waals surface area contributed by atoms with E-state index in [-0.39, 0.29) is 5.82 Å². The van der Waals surface area contributed by atoms with E-state index in [9.17, 15) is 4.39 Å². The summed E-state index contributed by atoms with van der Waals surface area (Å²) in [5, 5.41) is 11.0. The smallest absolute Gasteiger partial charge is 0.247 e. The van der Waals surface area contributed by atoms with Crippen LogP contribution in [0.4, 0.5) is 10.1 Å². The molecule has 0 aliphatic rings. The maximum absolute atomic E-state index is 13.2. The minimum Gasteiger partial charge on any atom is -0.419 e. The molecule has 2 aromatic carbocycles. The van der Waals surface area contributed by atoms with E-state index < -0.39 is 0 Å². The van der Waals surface area contributed by atoms with E-state index in [0.717, 1.165) is 10.2 Å². The molecule has 0 spiro atoms. The van der Waals surface area contributed by atoms with Gasteiger partial charge in [-0.2, -0.15) is 0 Å². The lowest BCUT2D eigenvalue weighted by molar-refractivity contribution is 0.514. The van der Waals surface area contributed by atoms with Gasteiger partial charge in [0.15, 0.2) is 0 Å². The summed E-state index contributed by atoms with van der Waals surface area (Å²) in [4.78, 5) is 0. The zero-order chi connectivity index (χ0) is 14.7. The SMILES string of the molecule is Fc1cccc(-c2nnc(CNc3ccc(Br)cc3)o2)c1. The number of halogens is 2. The molecule has 3 aromatic rings. The molecule has 1 aromatic heterocycles. The molecule has 0 amide bonds. The number of rotatable bonds is 4. The van der Waals surface area contributed by atoms with Gasteiger partial charge in [0.05, 0.1) is 6.54 Å². The third-order valence-corrected chi connectivity index (χ3v) is 3.36. The average Bonchev–Trinajstić information content (AvgIpc) is 2.96. The molecule has 0 aliphatic carbocycles. The Morgan fingerprint density at radius 2 is 1.90 bits per heavy atom. The summed E-state index contributed by atoms with van der Waals surface area (Å²) in [5.41, 5.74) is 1.51. The Morgan fingerprint density at radius 1 is 1.10 bits per heavy atom. The zero-order valence-electron chi connectivity index (χ0n) is 10.9.